The fourth-order valence-electron chi connectivity index (χ4n) is 2.68. The van der Waals surface area contributed by atoms with Gasteiger partial charge < -0.3 is 14.8 Å². The summed E-state index contributed by atoms with van der Waals surface area (Å²) in [5.41, 5.74) is 0. The highest BCUT2D eigenvalue weighted by atomic mass is 16.7. The lowest BCUT2D eigenvalue weighted by atomic mass is 9.83. The molecular weight excluding hydrogens is 202 g/mol. The second-order valence-corrected chi connectivity index (χ2v) is 4.72. The number of nitrogens with one attached hydrogen (secondary N) is 1. The van der Waals surface area contributed by atoms with Gasteiger partial charge in [-0.1, -0.05) is 26.2 Å². The Kier molecular flexibility index (Phi) is 7.01. The molecule has 1 N–H and O–H groups in total. The van der Waals surface area contributed by atoms with E-state index in [1.165, 1.54) is 32.1 Å². The number of hydrogen-bond donors (Lipinski definition) is 1. The van der Waals surface area contributed by atoms with Gasteiger partial charge in [-0.15, -0.1) is 0 Å². The van der Waals surface area contributed by atoms with Gasteiger partial charge in [0.25, 0.3) is 0 Å². The maximum Gasteiger partial charge on any atom is 0.172 e. The molecule has 1 saturated carbocycles. The molecule has 3 heteroatoms. The lowest BCUT2D eigenvalue weighted by Crippen LogP contribution is -2.48. The van der Waals surface area contributed by atoms with E-state index in [-0.39, 0.29) is 6.29 Å². The van der Waals surface area contributed by atoms with Crippen LogP contribution in [0, 0.1) is 5.92 Å². The first-order valence-corrected chi connectivity index (χ1v) is 6.62. The van der Waals surface area contributed by atoms with E-state index >= 15 is 0 Å². The van der Waals surface area contributed by atoms with Gasteiger partial charge in [0.1, 0.15) is 0 Å². The van der Waals surface area contributed by atoms with Crippen LogP contribution in [0.1, 0.15) is 45.4 Å². The highest BCUT2D eigenvalue weighted by Gasteiger charge is 2.30. The van der Waals surface area contributed by atoms with Gasteiger partial charge in [0.2, 0.25) is 0 Å². The molecule has 0 bridgehead atoms. The minimum Gasteiger partial charge on any atom is -0.354 e. The van der Waals surface area contributed by atoms with Gasteiger partial charge in [-0.25, -0.2) is 0 Å². The molecule has 0 aromatic heterocycles. The Hall–Kier alpha value is -0.120. The molecule has 1 rings (SSSR count). The monoisotopic (exact) mass is 229 g/mol. The Morgan fingerprint density at radius 1 is 1.12 bits per heavy atom. The molecule has 0 amide bonds. The van der Waals surface area contributed by atoms with E-state index in [0.29, 0.717) is 12.0 Å². The Balaban J connectivity index is 2.52. The Morgan fingerprint density at radius 2 is 1.75 bits per heavy atom. The summed E-state index contributed by atoms with van der Waals surface area (Å²) in [7, 11) is 3.47. The lowest BCUT2D eigenvalue weighted by molar-refractivity contribution is -0.135. The molecular formula is C13H27NO2. The average molecular weight is 229 g/mol. The minimum atomic E-state index is -0.102. The van der Waals surface area contributed by atoms with Crippen molar-refractivity contribution in [3.05, 3.63) is 0 Å². The van der Waals surface area contributed by atoms with E-state index in [9.17, 15) is 0 Å². The molecule has 16 heavy (non-hydrogen) atoms. The van der Waals surface area contributed by atoms with Crippen molar-refractivity contribution in [1.29, 1.82) is 0 Å². The summed E-state index contributed by atoms with van der Waals surface area (Å²) in [5.74, 6) is 0.713. The molecule has 3 nitrogen and oxygen atoms in total. The van der Waals surface area contributed by atoms with E-state index in [1.807, 2.05) is 0 Å². The van der Waals surface area contributed by atoms with Crippen LogP contribution in [0.15, 0.2) is 0 Å². The van der Waals surface area contributed by atoms with E-state index in [4.69, 9.17) is 9.47 Å². The summed E-state index contributed by atoms with van der Waals surface area (Å²) in [5, 5.41) is 3.59. The second-order valence-electron chi connectivity index (χ2n) is 4.72. The molecule has 0 aliphatic heterocycles. The summed E-state index contributed by atoms with van der Waals surface area (Å²) in [4.78, 5) is 0. The highest BCUT2D eigenvalue weighted by molar-refractivity contribution is 4.82. The predicted molar refractivity (Wildman–Crippen MR) is 66.5 cm³/mol. The maximum atomic E-state index is 5.43. The van der Waals surface area contributed by atoms with Crippen LogP contribution in [0.4, 0.5) is 0 Å². The van der Waals surface area contributed by atoms with Gasteiger partial charge in [0.15, 0.2) is 6.29 Å². The molecule has 0 heterocycles. The van der Waals surface area contributed by atoms with E-state index in [2.05, 4.69) is 12.2 Å². The van der Waals surface area contributed by atoms with Crippen LogP contribution in [0.2, 0.25) is 0 Å². The fraction of sp³-hybridized carbons (Fsp3) is 1.00. The molecule has 0 radical (unpaired) electrons. The van der Waals surface area contributed by atoms with Crippen LogP contribution in [0.5, 0.6) is 0 Å². The smallest absolute Gasteiger partial charge is 0.172 e. The van der Waals surface area contributed by atoms with Crippen LogP contribution in [0.3, 0.4) is 0 Å². The normalized spacial score (nSPS) is 20.2. The summed E-state index contributed by atoms with van der Waals surface area (Å²) < 4.78 is 10.9. The zero-order chi connectivity index (χ0) is 11.8. The van der Waals surface area contributed by atoms with Gasteiger partial charge in [-0.3, -0.25) is 0 Å². The summed E-state index contributed by atoms with van der Waals surface area (Å²) >= 11 is 0. The third-order valence-corrected chi connectivity index (χ3v) is 3.55. The van der Waals surface area contributed by atoms with Crippen molar-refractivity contribution in [2.75, 3.05) is 20.8 Å². The Labute approximate surface area is 99.9 Å². The number of hydrogen-bond acceptors (Lipinski definition) is 3. The van der Waals surface area contributed by atoms with Crippen molar-refractivity contribution >= 4 is 0 Å². The molecule has 1 atom stereocenters. The van der Waals surface area contributed by atoms with Crippen LogP contribution in [-0.4, -0.2) is 33.1 Å². The third-order valence-electron chi connectivity index (χ3n) is 3.55. The topological polar surface area (TPSA) is 30.5 Å². The quantitative estimate of drug-likeness (QED) is 0.681. The van der Waals surface area contributed by atoms with Crippen LogP contribution >= 0.6 is 0 Å². The predicted octanol–water partition coefficient (Wildman–Crippen LogP) is 2.55. The standard InChI is InChI=1S/C13H27NO2/c1-4-10-14-12(13(15-2)16-3)11-8-6-5-7-9-11/h11-14H,4-10H2,1-3H3. The van der Waals surface area contributed by atoms with Crippen molar-refractivity contribution in [3.8, 4) is 0 Å². The summed E-state index contributed by atoms with van der Waals surface area (Å²) in [6.07, 6.45) is 7.78. The molecule has 0 aromatic rings. The summed E-state index contributed by atoms with van der Waals surface area (Å²) in [6, 6.07) is 0.357. The van der Waals surface area contributed by atoms with Gasteiger partial charge in [-0.05, 0) is 31.7 Å². The van der Waals surface area contributed by atoms with Gasteiger partial charge in [-0.2, -0.15) is 0 Å². The zero-order valence-electron chi connectivity index (χ0n) is 11.0. The van der Waals surface area contributed by atoms with E-state index < -0.39 is 0 Å². The molecule has 1 fully saturated rings. The maximum absolute atomic E-state index is 5.43. The van der Waals surface area contributed by atoms with Crippen LogP contribution in [0.25, 0.3) is 0 Å². The van der Waals surface area contributed by atoms with Gasteiger partial charge >= 0.3 is 0 Å². The van der Waals surface area contributed by atoms with Crippen molar-refractivity contribution in [2.24, 2.45) is 5.92 Å². The lowest BCUT2D eigenvalue weighted by Gasteiger charge is -2.35. The zero-order valence-corrected chi connectivity index (χ0v) is 11.0. The van der Waals surface area contributed by atoms with Crippen molar-refractivity contribution < 1.29 is 9.47 Å². The summed E-state index contributed by atoms with van der Waals surface area (Å²) in [6.45, 7) is 3.24. The third kappa shape index (κ3) is 4.04. The van der Waals surface area contributed by atoms with E-state index in [0.717, 1.165) is 13.0 Å². The number of rotatable bonds is 7. The largest absolute Gasteiger partial charge is 0.354 e. The molecule has 0 saturated heterocycles. The van der Waals surface area contributed by atoms with Crippen molar-refractivity contribution in [3.63, 3.8) is 0 Å². The molecule has 1 unspecified atom stereocenters. The molecule has 1 aliphatic rings. The SMILES string of the molecule is CCCNC(C1CCCCC1)C(OC)OC. The number of ether oxygens (including phenoxy) is 2. The Bertz CT molecular complexity index is 165. The minimum absolute atomic E-state index is 0.102. The van der Waals surface area contributed by atoms with Crippen LogP contribution in [-0.2, 0) is 9.47 Å². The first-order valence-electron chi connectivity index (χ1n) is 6.62. The number of methoxy groups -OCH3 is 2. The molecule has 0 aromatic carbocycles. The highest BCUT2D eigenvalue weighted by Crippen LogP contribution is 2.28. The van der Waals surface area contributed by atoms with Crippen LogP contribution < -0.4 is 5.32 Å². The Morgan fingerprint density at radius 3 is 2.25 bits per heavy atom. The molecule has 1 aliphatic carbocycles. The second kappa shape index (κ2) is 8.04. The molecule has 0 spiro atoms. The van der Waals surface area contributed by atoms with Crippen molar-refractivity contribution in [1.82, 2.24) is 5.32 Å². The van der Waals surface area contributed by atoms with E-state index in [1.54, 1.807) is 14.2 Å². The fourth-order valence-corrected chi connectivity index (χ4v) is 2.68. The average Bonchev–Trinajstić information content (AvgIpc) is 2.35. The molecule has 96 valence electrons. The first kappa shape index (κ1) is 13.9. The first-order chi connectivity index (χ1) is 7.83. The van der Waals surface area contributed by atoms with Gasteiger partial charge in [0, 0.05) is 14.2 Å². The van der Waals surface area contributed by atoms with Crippen molar-refractivity contribution in [2.45, 2.75) is 57.8 Å². The van der Waals surface area contributed by atoms with Gasteiger partial charge in [0.05, 0.1) is 6.04 Å².